The maximum absolute atomic E-state index is 12.3. The summed E-state index contributed by atoms with van der Waals surface area (Å²) in [6.45, 7) is 12.6. The molecule has 2 N–H and O–H groups in total. The van der Waals surface area contributed by atoms with Crippen LogP contribution < -0.4 is 10.6 Å². The lowest BCUT2D eigenvalue weighted by atomic mass is 10.1. The number of unbranched alkanes of at least 4 members (excludes halogenated alkanes) is 10. The number of hydrogen-bond acceptors (Lipinski definition) is 6. The molecule has 8 heteroatoms. The van der Waals surface area contributed by atoms with Gasteiger partial charge in [-0.2, -0.15) is 0 Å². The lowest BCUT2D eigenvalue weighted by Gasteiger charge is -2.20. The zero-order chi connectivity index (χ0) is 27.8. The van der Waals surface area contributed by atoms with Crippen molar-refractivity contribution in [1.29, 1.82) is 0 Å². The average molecular weight is 535 g/mol. The van der Waals surface area contributed by atoms with E-state index in [0.29, 0.717) is 11.4 Å². The minimum atomic E-state index is -0.514. The Labute approximate surface area is 231 Å². The Balaban J connectivity index is 2.33. The van der Waals surface area contributed by atoms with Crippen LogP contribution in [0.5, 0.6) is 0 Å². The molecule has 0 spiro atoms. The number of carbonyl (C=O) groups is 2. The second-order valence-corrected chi connectivity index (χ2v) is 9.91. The number of amides is 2. The van der Waals surface area contributed by atoms with E-state index in [1.54, 1.807) is 24.3 Å². The van der Waals surface area contributed by atoms with Gasteiger partial charge in [-0.25, -0.2) is 9.59 Å². The maximum Gasteiger partial charge on any atom is 0.412 e. The molecule has 8 nitrogen and oxygen atoms in total. The molecular formula is C30H54N4O4. The topological polar surface area (TPSA) is 83.1 Å². The van der Waals surface area contributed by atoms with E-state index in [4.69, 9.17) is 9.47 Å². The van der Waals surface area contributed by atoms with Gasteiger partial charge in [0.1, 0.15) is 13.5 Å². The SMILES string of the molecule is CCCCCCCCN(CC)COC(=O)Nc1cccc(NC(=O)OCN(CC)CCCCCCCC)c1. The highest BCUT2D eigenvalue weighted by Gasteiger charge is 2.10. The number of carbonyl (C=O) groups excluding carboxylic acids is 2. The van der Waals surface area contributed by atoms with Crippen LogP contribution in [0, 0.1) is 0 Å². The predicted molar refractivity (Wildman–Crippen MR) is 158 cm³/mol. The Morgan fingerprint density at radius 3 is 1.42 bits per heavy atom. The molecule has 0 aromatic heterocycles. The van der Waals surface area contributed by atoms with E-state index in [1.807, 2.05) is 0 Å². The second kappa shape index (κ2) is 22.6. The quantitative estimate of drug-likeness (QED) is 0.116. The van der Waals surface area contributed by atoms with E-state index in [1.165, 1.54) is 64.2 Å². The number of hydrogen-bond donors (Lipinski definition) is 2. The van der Waals surface area contributed by atoms with Gasteiger partial charge in [0.15, 0.2) is 0 Å². The monoisotopic (exact) mass is 534 g/mol. The number of benzene rings is 1. The zero-order valence-corrected chi connectivity index (χ0v) is 24.6. The Morgan fingerprint density at radius 2 is 1.03 bits per heavy atom. The van der Waals surface area contributed by atoms with Crippen molar-refractivity contribution in [3.63, 3.8) is 0 Å². The van der Waals surface area contributed by atoms with Crippen molar-refractivity contribution in [1.82, 2.24) is 9.80 Å². The summed E-state index contributed by atoms with van der Waals surface area (Å²) in [6.07, 6.45) is 13.8. The van der Waals surface area contributed by atoms with Gasteiger partial charge in [-0.15, -0.1) is 0 Å². The Hall–Kier alpha value is -2.32. The van der Waals surface area contributed by atoms with Crippen molar-refractivity contribution in [3.05, 3.63) is 24.3 Å². The van der Waals surface area contributed by atoms with E-state index in [2.05, 4.69) is 48.1 Å². The molecule has 0 saturated heterocycles. The van der Waals surface area contributed by atoms with Gasteiger partial charge in [0.05, 0.1) is 0 Å². The summed E-state index contributed by atoms with van der Waals surface area (Å²) >= 11 is 0. The van der Waals surface area contributed by atoms with Crippen molar-refractivity contribution >= 4 is 23.6 Å². The summed E-state index contributed by atoms with van der Waals surface area (Å²) in [4.78, 5) is 28.9. The van der Waals surface area contributed by atoms with Crippen LogP contribution in [0.2, 0.25) is 0 Å². The first kappa shape index (κ1) is 33.7. The van der Waals surface area contributed by atoms with Crippen molar-refractivity contribution < 1.29 is 19.1 Å². The van der Waals surface area contributed by atoms with Gasteiger partial charge in [-0.1, -0.05) is 98.0 Å². The molecule has 2 amide bonds. The fourth-order valence-electron chi connectivity index (χ4n) is 4.14. The van der Waals surface area contributed by atoms with Gasteiger partial charge in [0.25, 0.3) is 0 Å². The summed E-state index contributed by atoms with van der Waals surface area (Å²) in [5.74, 6) is 0. The summed E-state index contributed by atoms with van der Waals surface area (Å²) in [5, 5.41) is 5.48. The standard InChI is InChI=1S/C30H54N4O4/c1-5-9-11-13-15-17-22-33(7-3)25-37-29(35)31-27-20-19-21-28(24-27)32-30(36)38-26-34(8-4)23-18-16-14-12-10-6-2/h19-21,24H,5-18,22-23,25-26H2,1-4H3,(H,31,35)(H,32,36). The fourth-order valence-corrected chi connectivity index (χ4v) is 4.14. The van der Waals surface area contributed by atoms with Gasteiger partial charge in [0.2, 0.25) is 0 Å². The van der Waals surface area contributed by atoms with Gasteiger partial charge in [0, 0.05) is 24.5 Å². The predicted octanol–water partition coefficient (Wildman–Crippen LogP) is 8.06. The third-order valence-corrected chi connectivity index (χ3v) is 6.66. The molecule has 0 unspecified atom stereocenters. The maximum atomic E-state index is 12.3. The molecule has 1 aromatic carbocycles. The highest BCUT2D eigenvalue weighted by atomic mass is 16.6. The summed E-state index contributed by atoms with van der Waals surface area (Å²) in [6, 6.07) is 6.96. The summed E-state index contributed by atoms with van der Waals surface area (Å²) in [5.41, 5.74) is 1.09. The van der Waals surface area contributed by atoms with Gasteiger partial charge < -0.3 is 9.47 Å². The molecule has 1 aromatic rings. The van der Waals surface area contributed by atoms with Crippen LogP contribution in [0.25, 0.3) is 0 Å². The van der Waals surface area contributed by atoms with Crippen LogP contribution in [-0.4, -0.2) is 61.6 Å². The first-order chi connectivity index (χ1) is 18.5. The summed E-state index contributed by atoms with van der Waals surface area (Å²) in [7, 11) is 0. The zero-order valence-electron chi connectivity index (χ0n) is 24.6. The molecule has 0 bridgehead atoms. The van der Waals surface area contributed by atoms with E-state index in [9.17, 15) is 9.59 Å². The molecule has 0 aliphatic carbocycles. The normalized spacial score (nSPS) is 11.1. The Bertz CT molecular complexity index is 689. The molecule has 0 aliphatic heterocycles. The Kier molecular flexibility index (Phi) is 20.1. The van der Waals surface area contributed by atoms with Crippen LogP contribution in [0.1, 0.15) is 105 Å². The van der Waals surface area contributed by atoms with Gasteiger partial charge in [-0.3, -0.25) is 20.4 Å². The molecule has 0 heterocycles. The van der Waals surface area contributed by atoms with Crippen molar-refractivity contribution in [3.8, 4) is 0 Å². The third kappa shape index (κ3) is 17.2. The molecule has 0 radical (unpaired) electrons. The van der Waals surface area contributed by atoms with E-state index in [-0.39, 0.29) is 13.5 Å². The van der Waals surface area contributed by atoms with Crippen LogP contribution >= 0.6 is 0 Å². The lowest BCUT2D eigenvalue weighted by Crippen LogP contribution is -2.30. The van der Waals surface area contributed by atoms with E-state index in [0.717, 1.165) is 39.0 Å². The third-order valence-electron chi connectivity index (χ3n) is 6.66. The van der Waals surface area contributed by atoms with Crippen LogP contribution in [0.15, 0.2) is 24.3 Å². The molecule has 1 rings (SSSR count). The largest absolute Gasteiger partial charge is 0.433 e. The van der Waals surface area contributed by atoms with Gasteiger partial charge >= 0.3 is 12.2 Å². The minimum absolute atomic E-state index is 0.258. The summed E-state index contributed by atoms with van der Waals surface area (Å²) < 4.78 is 10.8. The number of nitrogens with zero attached hydrogens (tertiary/aromatic N) is 2. The molecule has 0 fully saturated rings. The van der Waals surface area contributed by atoms with Crippen LogP contribution in [-0.2, 0) is 9.47 Å². The minimum Gasteiger partial charge on any atom is -0.433 e. The van der Waals surface area contributed by atoms with Crippen molar-refractivity contribution in [2.75, 3.05) is 50.3 Å². The number of nitrogens with one attached hydrogen (secondary N) is 2. The molecule has 0 aliphatic rings. The first-order valence-corrected chi connectivity index (χ1v) is 14.9. The number of rotatable bonds is 22. The highest BCUT2D eigenvalue weighted by molar-refractivity contribution is 5.88. The average Bonchev–Trinajstić information content (AvgIpc) is 2.91. The fraction of sp³-hybridized carbons (Fsp3) is 0.733. The molecule has 38 heavy (non-hydrogen) atoms. The number of ether oxygens (including phenoxy) is 2. The highest BCUT2D eigenvalue weighted by Crippen LogP contribution is 2.16. The van der Waals surface area contributed by atoms with E-state index < -0.39 is 12.2 Å². The van der Waals surface area contributed by atoms with Crippen molar-refractivity contribution in [2.24, 2.45) is 0 Å². The molecule has 0 saturated carbocycles. The first-order valence-electron chi connectivity index (χ1n) is 14.9. The van der Waals surface area contributed by atoms with Crippen LogP contribution in [0.4, 0.5) is 21.0 Å². The Morgan fingerprint density at radius 1 is 0.632 bits per heavy atom. The van der Waals surface area contributed by atoms with Crippen molar-refractivity contribution in [2.45, 2.75) is 105 Å². The smallest absolute Gasteiger partial charge is 0.412 e. The van der Waals surface area contributed by atoms with E-state index >= 15 is 0 Å². The second-order valence-electron chi connectivity index (χ2n) is 9.91. The molecule has 218 valence electrons. The van der Waals surface area contributed by atoms with Crippen LogP contribution in [0.3, 0.4) is 0 Å². The molecule has 0 atom stereocenters. The number of anilines is 2. The van der Waals surface area contributed by atoms with Gasteiger partial charge in [-0.05, 0) is 44.1 Å². The lowest BCUT2D eigenvalue weighted by molar-refractivity contribution is 0.0794. The molecular weight excluding hydrogens is 480 g/mol.